The molecule has 5 heteroatoms. The van der Waals surface area contributed by atoms with Gasteiger partial charge in [-0.05, 0) is 36.1 Å². The van der Waals surface area contributed by atoms with Gasteiger partial charge in [0.2, 0.25) is 0 Å². The number of carbonyl (C=O) groups excluding carboxylic acids is 1. The standard InChI is InChI=1S/C16H15N3OS/c1-12-7-8-21-15(12)10-17-16(20)13-9-18-19(11-13)14-5-3-2-4-6-14/h2-9,11H,10H2,1H3,(H,17,20). The summed E-state index contributed by atoms with van der Waals surface area (Å²) < 4.78 is 1.70. The molecule has 1 aromatic carbocycles. The fourth-order valence-electron chi connectivity index (χ4n) is 2.01. The molecule has 0 saturated heterocycles. The smallest absolute Gasteiger partial charge is 0.254 e. The van der Waals surface area contributed by atoms with Crippen LogP contribution in [-0.4, -0.2) is 15.7 Å². The number of hydrogen-bond acceptors (Lipinski definition) is 3. The molecule has 0 radical (unpaired) electrons. The maximum Gasteiger partial charge on any atom is 0.254 e. The van der Waals surface area contributed by atoms with Gasteiger partial charge in [0.25, 0.3) is 5.91 Å². The van der Waals surface area contributed by atoms with Crippen LogP contribution in [0.5, 0.6) is 0 Å². The van der Waals surface area contributed by atoms with Gasteiger partial charge in [-0.15, -0.1) is 11.3 Å². The fourth-order valence-corrected chi connectivity index (χ4v) is 2.86. The zero-order chi connectivity index (χ0) is 14.7. The number of amides is 1. The molecule has 3 aromatic rings. The predicted molar refractivity (Wildman–Crippen MR) is 83.8 cm³/mol. The van der Waals surface area contributed by atoms with Gasteiger partial charge in [0, 0.05) is 11.1 Å². The highest BCUT2D eigenvalue weighted by molar-refractivity contribution is 7.10. The fraction of sp³-hybridized carbons (Fsp3) is 0.125. The van der Waals surface area contributed by atoms with E-state index in [1.165, 1.54) is 10.4 Å². The van der Waals surface area contributed by atoms with Gasteiger partial charge < -0.3 is 5.32 Å². The third kappa shape index (κ3) is 3.03. The van der Waals surface area contributed by atoms with E-state index < -0.39 is 0 Å². The molecule has 2 heterocycles. The maximum atomic E-state index is 12.1. The molecule has 0 atom stereocenters. The summed E-state index contributed by atoms with van der Waals surface area (Å²) in [5.74, 6) is -0.106. The van der Waals surface area contributed by atoms with E-state index in [1.54, 1.807) is 28.4 Å². The number of thiophene rings is 1. The number of aromatic nitrogens is 2. The Morgan fingerprint density at radius 2 is 2.10 bits per heavy atom. The second-order valence-electron chi connectivity index (χ2n) is 4.72. The molecule has 0 aliphatic rings. The number of carbonyl (C=O) groups is 1. The Labute approximate surface area is 127 Å². The monoisotopic (exact) mass is 297 g/mol. The second-order valence-corrected chi connectivity index (χ2v) is 5.72. The summed E-state index contributed by atoms with van der Waals surface area (Å²) in [5.41, 5.74) is 2.71. The van der Waals surface area contributed by atoms with E-state index in [0.29, 0.717) is 12.1 Å². The van der Waals surface area contributed by atoms with Crippen molar-refractivity contribution in [3.63, 3.8) is 0 Å². The number of benzene rings is 1. The third-order valence-corrected chi connectivity index (χ3v) is 4.27. The van der Waals surface area contributed by atoms with E-state index >= 15 is 0 Å². The highest BCUT2D eigenvalue weighted by Gasteiger charge is 2.10. The van der Waals surface area contributed by atoms with Gasteiger partial charge >= 0.3 is 0 Å². The van der Waals surface area contributed by atoms with Crippen molar-refractivity contribution in [2.24, 2.45) is 0 Å². The molecule has 3 rings (SSSR count). The number of para-hydroxylation sites is 1. The summed E-state index contributed by atoms with van der Waals surface area (Å²) in [4.78, 5) is 13.3. The van der Waals surface area contributed by atoms with Crippen molar-refractivity contribution >= 4 is 17.2 Å². The topological polar surface area (TPSA) is 46.9 Å². The van der Waals surface area contributed by atoms with Gasteiger partial charge in [0.1, 0.15) is 0 Å². The molecule has 1 N–H and O–H groups in total. The summed E-state index contributed by atoms with van der Waals surface area (Å²) >= 11 is 1.65. The van der Waals surface area contributed by atoms with Crippen molar-refractivity contribution in [1.82, 2.24) is 15.1 Å². The number of nitrogens with one attached hydrogen (secondary N) is 1. The van der Waals surface area contributed by atoms with Crippen molar-refractivity contribution < 1.29 is 4.79 Å². The molecule has 0 aliphatic carbocycles. The molecule has 0 aliphatic heterocycles. The Hall–Kier alpha value is -2.40. The molecule has 0 bridgehead atoms. The zero-order valence-corrected chi connectivity index (χ0v) is 12.4. The SMILES string of the molecule is Cc1ccsc1CNC(=O)c1cnn(-c2ccccc2)c1. The summed E-state index contributed by atoms with van der Waals surface area (Å²) in [6.45, 7) is 2.60. The largest absolute Gasteiger partial charge is 0.347 e. The van der Waals surface area contributed by atoms with Crippen molar-refractivity contribution in [1.29, 1.82) is 0 Å². The number of nitrogens with zero attached hydrogens (tertiary/aromatic N) is 2. The van der Waals surface area contributed by atoms with Gasteiger partial charge in [0.05, 0.1) is 24.0 Å². The van der Waals surface area contributed by atoms with Crippen molar-refractivity contribution in [2.45, 2.75) is 13.5 Å². The van der Waals surface area contributed by atoms with Crippen LogP contribution in [0.25, 0.3) is 5.69 Å². The van der Waals surface area contributed by atoms with Gasteiger partial charge in [-0.25, -0.2) is 4.68 Å². The van der Waals surface area contributed by atoms with Crippen LogP contribution < -0.4 is 5.32 Å². The van der Waals surface area contributed by atoms with Gasteiger partial charge in [0.15, 0.2) is 0 Å². The molecule has 21 heavy (non-hydrogen) atoms. The van der Waals surface area contributed by atoms with Gasteiger partial charge in [-0.2, -0.15) is 5.10 Å². The molecule has 4 nitrogen and oxygen atoms in total. The average Bonchev–Trinajstić information content (AvgIpc) is 3.15. The Kier molecular flexibility index (Phi) is 3.83. The lowest BCUT2D eigenvalue weighted by molar-refractivity contribution is 0.0951. The molecule has 0 spiro atoms. The van der Waals surface area contributed by atoms with Crippen molar-refractivity contribution in [2.75, 3.05) is 0 Å². The Morgan fingerprint density at radius 3 is 2.81 bits per heavy atom. The summed E-state index contributed by atoms with van der Waals surface area (Å²) in [6.07, 6.45) is 3.33. The van der Waals surface area contributed by atoms with E-state index in [1.807, 2.05) is 42.6 Å². The molecule has 106 valence electrons. The van der Waals surface area contributed by atoms with Crippen LogP contribution in [0.2, 0.25) is 0 Å². The normalized spacial score (nSPS) is 10.5. The van der Waals surface area contributed by atoms with Crippen LogP contribution in [0, 0.1) is 6.92 Å². The first-order valence-corrected chi connectivity index (χ1v) is 7.53. The second kappa shape index (κ2) is 5.93. The molecule has 2 aromatic heterocycles. The van der Waals surface area contributed by atoms with E-state index in [-0.39, 0.29) is 5.91 Å². The number of hydrogen-bond donors (Lipinski definition) is 1. The van der Waals surface area contributed by atoms with E-state index in [0.717, 1.165) is 5.69 Å². The highest BCUT2D eigenvalue weighted by atomic mass is 32.1. The van der Waals surface area contributed by atoms with Crippen LogP contribution in [0.15, 0.2) is 54.2 Å². The summed E-state index contributed by atoms with van der Waals surface area (Å²) in [6, 6.07) is 11.8. The Morgan fingerprint density at radius 1 is 1.29 bits per heavy atom. The Bertz CT molecular complexity index is 746. The first-order chi connectivity index (χ1) is 10.2. The maximum absolute atomic E-state index is 12.1. The molecular weight excluding hydrogens is 282 g/mol. The minimum Gasteiger partial charge on any atom is -0.347 e. The predicted octanol–water partition coefficient (Wildman–Crippen LogP) is 3.17. The molecule has 1 amide bonds. The van der Waals surface area contributed by atoms with E-state index in [9.17, 15) is 4.79 Å². The molecule has 0 fully saturated rings. The van der Waals surface area contributed by atoms with Gasteiger partial charge in [-0.3, -0.25) is 4.79 Å². The Balaban J connectivity index is 1.69. The summed E-state index contributed by atoms with van der Waals surface area (Å²) in [7, 11) is 0. The van der Waals surface area contributed by atoms with Crippen LogP contribution in [0.1, 0.15) is 20.8 Å². The number of aryl methyl sites for hydroxylation is 1. The van der Waals surface area contributed by atoms with Crippen LogP contribution >= 0.6 is 11.3 Å². The van der Waals surface area contributed by atoms with Gasteiger partial charge in [-0.1, -0.05) is 18.2 Å². The van der Waals surface area contributed by atoms with Crippen LogP contribution in [0.3, 0.4) is 0 Å². The third-order valence-electron chi connectivity index (χ3n) is 3.24. The lowest BCUT2D eigenvalue weighted by Gasteiger charge is -2.02. The highest BCUT2D eigenvalue weighted by Crippen LogP contribution is 2.15. The molecule has 0 saturated carbocycles. The summed E-state index contributed by atoms with van der Waals surface area (Å²) in [5, 5.41) is 9.19. The minimum atomic E-state index is -0.106. The zero-order valence-electron chi connectivity index (χ0n) is 11.6. The van der Waals surface area contributed by atoms with E-state index in [4.69, 9.17) is 0 Å². The molecular formula is C16H15N3OS. The van der Waals surface area contributed by atoms with E-state index in [2.05, 4.69) is 16.5 Å². The van der Waals surface area contributed by atoms with Crippen molar-refractivity contribution in [3.8, 4) is 5.69 Å². The first kappa shape index (κ1) is 13.6. The van der Waals surface area contributed by atoms with Crippen molar-refractivity contribution in [3.05, 3.63) is 70.2 Å². The van der Waals surface area contributed by atoms with Crippen LogP contribution in [0.4, 0.5) is 0 Å². The minimum absolute atomic E-state index is 0.106. The van der Waals surface area contributed by atoms with Crippen LogP contribution in [-0.2, 0) is 6.54 Å². The number of rotatable bonds is 4. The average molecular weight is 297 g/mol. The lowest BCUT2D eigenvalue weighted by atomic mass is 10.3. The lowest BCUT2D eigenvalue weighted by Crippen LogP contribution is -2.22. The first-order valence-electron chi connectivity index (χ1n) is 6.65. The quantitative estimate of drug-likeness (QED) is 0.804. The molecule has 0 unspecified atom stereocenters.